The van der Waals surface area contributed by atoms with Crippen molar-refractivity contribution in [3.63, 3.8) is 0 Å². The highest BCUT2D eigenvalue weighted by atomic mass is 19.1. The average Bonchev–Trinajstić information content (AvgIpc) is 3.11. The first-order valence-corrected chi connectivity index (χ1v) is 9.66. The minimum atomic E-state index is -0.515. The van der Waals surface area contributed by atoms with E-state index in [4.69, 9.17) is 4.98 Å². The van der Waals surface area contributed by atoms with Crippen molar-refractivity contribution in [2.24, 2.45) is 5.92 Å². The van der Waals surface area contributed by atoms with E-state index >= 15 is 0 Å². The summed E-state index contributed by atoms with van der Waals surface area (Å²) in [6.45, 7) is 10.6. The molecule has 0 radical (unpaired) electrons. The Morgan fingerprint density at radius 1 is 1.39 bits per heavy atom. The van der Waals surface area contributed by atoms with Crippen molar-refractivity contribution in [2.45, 2.75) is 26.3 Å². The van der Waals surface area contributed by atoms with Crippen LogP contribution < -0.4 is 10.2 Å². The third-order valence-corrected chi connectivity index (χ3v) is 5.07. The topological polar surface area (TPSA) is 69.7 Å². The minimum Gasteiger partial charge on any atom is -0.354 e. The van der Waals surface area contributed by atoms with Gasteiger partial charge in [-0.2, -0.15) is 5.10 Å². The van der Waals surface area contributed by atoms with Crippen molar-refractivity contribution in [1.29, 1.82) is 0 Å². The molecule has 1 fully saturated rings. The molecule has 3 aromatic rings. The number of anilines is 1. The fourth-order valence-electron chi connectivity index (χ4n) is 3.83. The molecule has 28 heavy (non-hydrogen) atoms. The number of pyridine rings is 2. The quantitative estimate of drug-likeness (QED) is 0.687. The molecule has 0 amide bonds. The summed E-state index contributed by atoms with van der Waals surface area (Å²) in [7, 11) is 0. The molecule has 1 saturated heterocycles. The maximum Gasteiger partial charge on any atom is 0.181 e. The van der Waals surface area contributed by atoms with Gasteiger partial charge in [0.05, 0.1) is 5.69 Å². The van der Waals surface area contributed by atoms with Gasteiger partial charge < -0.3 is 10.2 Å². The predicted octanol–water partition coefficient (Wildman–Crippen LogP) is 4.28. The van der Waals surface area contributed by atoms with Crippen LogP contribution in [-0.4, -0.2) is 45.8 Å². The molecule has 4 heterocycles. The molecule has 3 aromatic heterocycles. The zero-order valence-corrected chi connectivity index (χ0v) is 16.2. The zero-order valence-electron chi connectivity index (χ0n) is 16.2. The van der Waals surface area contributed by atoms with Gasteiger partial charge in [0.25, 0.3) is 0 Å². The second kappa shape index (κ2) is 7.67. The van der Waals surface area contributed by atoms with Gasteiger partial charge in [-0.3, -0.25) is 5.10 Å². The molecule has 4 rings (SSSR count). The van der Waals surface area contributed by atoms with Crippen molar-refractivity contribution < 1.29 is 7.24 Å². The average molecular weight is 385 g/mol. The molecular weight excluding hydrogens is 355 g/mol. The highest BCUT2D eigenvalue weighted by Crippen LogP contribution is 2.32. The van der Waals surface area contributed by atoms with Crippen LogP contribution in [0.1, 0.15) is 28.7 Å². The van der Waals surface area contributed by atoms with Crippen LogP contribution in [0.2, 0.25) is 0 Å². The van der Waals surface area contributed by atoms with Crippen molar-refractivity contribution in [1.82, 2.24) is 25.5 Å². The van der Waals surface area contributed by atoms with Crippen LogP contribution in [0.3, 0.4) is 0 Å². The predicted molar refractivity (Wildman–Crippen MR) is 115 cm³/mol. The van der Waals surface area contributed by atoms with E-state index in [2.05, 4.69) is 45.8 Å². The smallest absolute Gasteiger partial charge is 0.181 e. The molecule has 0 saturated carbocycles. The van der Waals surface area contributed by atoms with Gasteiger partial charge in [-0.1, -0.05) is 20.4 Å². The number of fused-ring (bicyclic) bond motifs is 1. The van der Waals surface area contributed by atoms with Gasteiger partial charge in [-0.25, -0.2) is 14.4 Å². The molecule has 0 spiro atoms. The zero-order chi connectivity index (χ0) is 19.7. The molecule has 150 valence electrons. The third kappa shape index (κ3) is 3.62. The lowest BCUT2D eigenvalue weighted by Gasteiger charge is -2.35. The number of rotatable bonds is 5. The Morgan fingerprint density at radius 3 is 3.04 bits per heavy atom. The number of aromatic nitrogens is 4. The first-order chi connectivity index (χ1) is 13.5. The van der Waals surface area contributed by atoms with Gasteiger partial charge in [0.15, 0.2) is 5.65 Å². The summed E-state index contributed by atoms with van der Waals surface area (Å²) in [6, 6.07) is 7.79. The van der Waals surface area contributed by atoms with E-state index in [9.17, 15) is 4.39 Å². The minimum absolute atomic E-state index is 0. The molecule has 6 nitrogen and oxygen atoms in total. The number of nitrogens with one attached hydrogen (secondary N) is 2. The molecule has 2 N–H and O–H groups in total. The van der Waals surface area contributed by atoms with Crippen LogP contribution in [0.25, 0.3) is 28.2 Å². The van der Waals surface area contributed by atoms with E-state index in [1.54, 1.807) is 12.3 Å². The summed E-state index contributed by atoms with van der Waals surface area (Å²) in [5.74, 6) is 0.947. The number of halogens is 1. The van der Waals surface area contributed by atoms with E-state index < -0.39 is 5.83 Å². The number of aromatic amines is 1. The number of hydrogen-bond acceptors (Lipinski definition) is 5. The van der Waals surface area contributed by atoms with Gasteiger partial charge in [-0.05, 0) is 36.6 Å². The van der Waals surface area contributed by atoms with Crippen LogP contribution in [-0.2, 0) is 0 Å². The normalized spacial score (nSPS) is 17.4. The molecular formula is C21H29FN6. The SMILES string of the molecule is C=C(F)c1ccc(N2CCN[C@@H](CC(C)C)C2)nc1-c1[nH]nc2ncccc12.[HH].[HH]. The Hall–Kier alpha value is -2.80. The fourth-order valence-corrected chi connectivity index (χ4v) is 3.83. The molecule has 7 heteroatoms. The summed E-state index contributed by atoms with van der Waals surface area (Å²) in [5.41, 5.74) is 2.12. The summed E-state index contributed by atoms with van der Waals surface area (Å²) in [6.07, 6.45) is 2.79. The summed E-state index contributed by atoms with van der Waals surface area (Å²) in [5, 5.41) is 11.6. The van der Waals surface area contributed by atoms with Crippen LogP contribution in [0.4, 0.5) is 10.2 Å². The van der Waals surface area contributed by atoms with Gasteiger partial charge in [0, 0.05) is 45.7 Å². The van der Waals surface area contributed by atoms with Gasteiger partial charge in [0.1, 0.15) is 17.3 Å². The Morgan fingerprint density at radius 2 is 2.25 bits per heavy atom. The van der Waals surface area contributed by atoms with E-state index in [1.807, 2.05) is 18.2 Å². The molecule has 0 bridgehead atoms. The second-order valence-electron chi connectivity index (χ2n) is 7.67. The number of H-pyrrole nitrogens is 1. The van der Waals surface area contributed by atoms with Crippen molar-refractivity contribution in [2.75, 3.05) is 24.5 Å². The Bertz CT molecular complexity index is 1010. The fraction of sp³-hybridized carbons (Fsp3) is 0.381. The lowest BCUT2D eigenvalue weighted by Crippen LogP contribution is -2.51. The molecule has 0 unspecified atom stereocenters. The largest absolute Gasteiger partial charge is 0.354 e. The molecule has 0 aromatic carbocycles. The molecule has 0 aliphatic carbocycles. The third-order valence-electron chi connectivity index (χ3n) is 5.07. The van der Waals surface area contributed by atoms with E-state index in [0.29, 0.717) is 34.6 Å². The highest BCUT2D eigenvalue weighted by molar-refractivity contribution is 5.92. The van der Waals surface area contributed by atoms with Crippen molar-refractivity contribution in [3.05, 3.63) is 42.6 Å². The molecule has 1 atom stereocenters. The van der Waals surface area contributed by atoms with Gasteiger partial charge >= 0.3 is 0 Å². The first kappa shape index (κ1) is 18.6. The summed E-state index contributed by atoms with van der Waals surface area (Å²) in [4.78, 5) is 11.3. The number of hydrogen-bond donors (Lipinski definition) is 2. The van der Waals surface area contributed by atoms with E-state index in [0.717, 1.165) is 37.3 Å². The Kier molecular flexibility index (Phi) is 5.09. The highest BCUT2D eigenvalue weighted by Gasteiger charge is 2.23. The lowest BCUT2D eigenvalue weighted by atomic mass is 10.0. The van der Waals surface area contributed by atoms with Gasteiger partial charge in [0.2, 0.25) is 0 Å². The summed E-state index contributed by atoms with van der Waals surface area (Å²) < 4.78 is 14.2. The van der Waals surface area contributed by atoms with Crippen molar-refractivity contribution >= 4 is 22.7 Å². The van der Waals surface area contributed by atoms with Gasteiger partial charge in [-0.15, -0.1) is 0 Å². The van der Waals surface area contributed by atoms with Crippen LogP contribution >= 0.6 is 0 Å². The molecule has 1 aliphatic rings. The second-order valence-corrected chi connectivity index (χ2v) is 7.67. The first-order valence-electron chi connectivity index (χ1n) is 9.66. The standard InChI is InChI=1S/C21H25FN6.2H2/c1-13(2)11-15-12-28(10-9-23-15)18-7-6-16(14(3)22)19(25-18)20-17-5-4-8-24-21(17)27-26-20;;/h4-8,13,15,23H,3,9-12H2,1-2H3,(H,24,26,27);2*1H/t15-;;/m0../s1. The Balaban J connectivity index is 0.00000160. The van der Waals surface area contributed by atoms with E-state index in [-0.39, 0.29) is 2.85 Å². The Labute approximate surface area is 166 Å². The maximum absolute atomic E-state index is 14.2. The lowest BCUT2D eigenvalue weighted by molar-refractivity contribution is 0.387. The monoisotopic (exact) mass is 384 g/mol. The van der Waals surface area contributed by atoms with E-state index in [1.165, 1.54) is 0 Å². The number of nitrogens with zero attached hydrogens (tertiary/aromatic N) is 4. The van der Waals surface area contributed by atoms with Crippen LogP contribution in [0, 0.1) is 5.92 Å². The number of piperazine rings is 1. The molecule has 1 aliphatic heterocycles. The van der Waals surface area contributed by atoms with Crippen LogP contribution in [0.15, 0.2) is 37.0 Å². The maximum atomic E-state index is 14.2. The van der Waals surface area contributed by atoms with Crippen LogP contribution in [0.5, 0.6) is 0 Å². The van der Waals surface area contributed by atoms with Crippen molar-refractivity contribution in [3.8, 4) is 11.4 Å². The summed E-state index contributed by atoms with van der Waals surface area (Å²) >= 11 is 0.